The van der Waals surface area contributed by atoms with Crippen molar-refractivity contribution in [3.63, 3.8) is 0 Å². The van der Waals surface area contributed by atoms with E-state index in [9.17, 15) is 5.11 Å². The number of rotatable bonds is 4. The first kappa shape index (κ1) is 16.9. The number of hydrogen-bond donors (Lipinski definition) is 1. The van der Waals surface area contributed by atoms with Gasteiger partial charge in [-0.05, 0) is 29.4 Å². The van der Waals surface area contributed by atoms with Gasteiger partial charge in [-0.15, -0.1) is 0 Å². The molecule has 1 heterocycles. The van der Waals surface area contributed by atoms with Gasteiger partial charge in [0.25, 0.3) is 0 Å². The molecular formula is C25H20O2. The summed E-state index contributed by atoms with van der Waals surface area (Å²) in [5, 5.41) is 9.99. The third-order valence-electron chi connectivity index (χ3n) is 4.47. The van der Waals surface area contributed by atoms with Crippen molar-refractivity contribution in [2.75, 3.05) is 0 Å². The molecule has 3 aromatic rings. The highest BCUT2D eigenvalue weighted by Gasteiger charge is 2.18. The van der Waals surface area contributed by atoms with E-state index in [4.69, 9.17) is 4.74 Å². The SMILES string of the molecule is Oc1ccccc1C=CC1=CC(c2ccccc2)OC(c2ccccc2)=C1. The number of ether oxygens (including phenoxy) is 1. The summed E-state index contributed by atoms with van der Waals surface area (Å²) in [6.07, 6.45) is 7.91. The van der Waals surface area contributed by atoms with E-state index in [0.29, 0.717) is 0 Å². The second kappa shape index (κ2) is 7.79. The van der Waals surface area contributed by atoms with Gasteiger partial charge in [0.15, 0.2) is 0 Å². The van der Waals surface area contributed by atoms with E-state index in [1.165, 1.54) is 0 Å². The van der Waals surface area contributed by atoms with Crippen molar-refractivity contribution in [3.8, 4) is 5.75 Å². The van der Waals surface area contributed by atoms with E-state index in [1.54, 1.807) is 6.07 Å². The van der Waals surface area contributed by atoms with Gasteiger partial charge in [0.05, 0.1) is 0 Å². The molecule has 1 unspecified atom stereocenters. The summed E-state index contributed by atoms with van der Waals surface area (Å²) in [6, 6.07) is 27.6. The molecule has 0 bridgehead atoms. The largest absolute Gasteiger partial charge is 0.507 e. The molecule has 0 saturated heterocycles. The monoisotopic (exact) mass is 352 g/mol. The Morgan fingerprint density at radius 3 is 2.15 bits per heavy atom. The summed E-state index contributed by atoms with van der Waals surface area (Å²) in [4.78, 5) is 0. The highest BCUT2D eigenvalue weighted by molar-refractivity contribution is 5.68. The molecule has 0 radical (unpaired) electrons. The van der Waals surface area contributed by atoms with Gasteiger partial charge < -0.3 is 9.84 Å². The molecule has 1 aliphatic heterocycles. The first-order valence-corrected chi connectivity index (χ1v) is 8.96. The van der Waals surface area contributed by atoms with Crippen LogP contribution in [-0.2, 0) is 4.74 Å². The molecule has 1 N–H and O–H groups in total. The summed E-state index contributed by atoms with van der Waals surface area (Å²) >= 11 is 0. The minimum absolute atomic E-state index is 0.157. The number of phenols is 1. The number of hydrogen-bond acceptors (Lipinski definition) is 2. The zero-order chi connectivity index (χ0) is 18.5. The summed E-state index contributed by atoms with van der Waals surface area (Å²) < 4.78 is 6.27. The summed E-state index contributed by atoms with van der Waals surface area (Å²) in [7, 11) is 0. The fourth-order valence-electron chi connectivity index (χ4n) is 3.06. The fourth-order valence-corrected chi connectivity index (χ4v) is 3.06. The van der Waals surface area contributed by atoms with Crippen LogP contribution in [0.2, 0.25) is 0 Å². The average molecular weight is 352 g/mol. The Kier molecular flexibility index (Phi) is 4.88. The molecule has 0 fully saturated rings. The first-order valence-electron chi connectivity index (χ1n) is 8.96. The van der Waals surface area contributed by atoms with Crippen molar-refractivity contribution in [2.45, 2.75) is 6.10 Å². The lowest BCUT2D eigenvalue weighted by Gasteiger charge is -2.23. The topological polar surface area (TPSA) is 29.5 Å². The van der Waals surface area contributed by atoms with E-state index in [-0.39, 0.29) is 11.9 Å². The van der Waals surface area contributed by atoms with Gasteiger partial charge >= 0.3 is 0 Å². The van der Waals surface area contributed by atoms with Crippen molar-refractivity contribution < 1.29 is 9.84 Å². The summed E-state index contributed by atoms with van der Waals surface area (Å²) in [6.45, 7) is 0. The minimum atomic E-state index is -0.157. The molecule has 3 aromatic carbocycles. The van der Waals surface area contributed by atoms with Gasteiger partial charge in [-0.25, -0.2) is 0 Å². The highest BCUT2D eigenvalue weighted by Crippen LogP contribution is 2.33. The molecular weight excluding hydrogens is 332 g/mol. The third-order valence-corrected chi connectivity index (χ3v) is 4.47. The van der Waals surface area contributed by atoms with Gasteiger partial charge in [-0.1, -0.05) is 91.0 Å². The maximum atomic E-state index is 9.99. The van der Waals surface area contributed by atoms with Crippen molar-refractivity contribution in [3.05, 3.63) is 125 Å². The predicted octanol–water partition coefficient (Wildman–Crippen LogP) is 6.14. The van der Waals surface area contributed by atoms with Crippen molar-refractivity contribution in [1.29, 1.82) is 0 Å². The molecule has 0 spiro atoms. The fraction of sp³-hybridized carbons (Fsp3) is 0.0400. The smallest absolute Gasteiger partial charge is 0.143 e. The van der Waals surface area contributed by atoms with E-state index in [1.807, 2.05) is 85.0 Å². The lowest BCUT2D eigenvalue weighted by molar-refractivity contribution is 0.211. The zero-order valence-electron chi connectivity index (χ0n) is 14.8. The Balaban J connectivity index is 1.70. The second-order valence-electron chi connectivity index (χ2n) is 6.38. The number of aromatic hydroxyl groups is 1. The van der Waals surface area contributed by atoms with Crippen LogP contribution < -0.4 is 0 Å². The summed E-state index contributed by atoms with van der Waals surface area (Å²) in [5.74, 6) is 1.11. The van der Waals surface area contributed by atoms with Crippen LogP contribution in [0.4, 0.5) is 0 Å². The van der Waals surface area contributed by atoms with Crippen LogP contribution in [0.1, 0.15) is 22.8 Å². The Bertz CT molecular complexity index is 999. The normalized spacial score (nSPS) is 16.5. The van der Waals surface area contributed by atoms with Crippen LogP contribution in [0.25, 0.3) is 11.8 Å². The van der Waals surface area contributed by atoms with Crippen molar-refractivity contribution in [1.82, 2.24) is 0 Å². The van der Waals surface area contributed by atoms with Gasteiger partial charge in [-0.2, -0.15) is 0 Å². The molecule has 1 aliphatic rings. The van der Waals surface area contributed by atoms with E-state index in [0.717, 1.165) is 28.0 Å². The summed E-state index contributed by atoms with van der Waals surface area (Å²) in [5.41, 5.74) is 3.97. The zero-order valence-corrected chi connectivity index (χ0v) is 14.8. The Morgan fingerprint density at radius 1 is 0.741 bits per heavy atom. The molecule has 4 rings (SSSR count). The number of benzene rings is 3. The van der Waals surface area contributed by atoms with Gasteiger partial charge in [0, 0.05) is 11.1 Å². The molecule has 0 aliphatic carbocycles. The number of phenolic OH excluding ortho intramolecular Hbond substituents is 1. The van der Waals surface area contributed by atoms with Gasteiger partial charge in [-0.3, -0.25) is 0 Å². The molecule has 2 heteroatoms. The molecule has 27 heavy (non-hydrogen) atoms. The molecule has 0 aromatic heterocycles. The maximum Gasteiger partial charge on any atom is 0.143 e. The first-order chi connectivity index (χ1) is 13.3. The van der Waals surface area contributed by atoms with Crippen LogP contribution in [0.15, 0.2) is 109 Å². The molecule has 1 atom stereocenters. The number of allylic oxidation sites excluding steroid dienone is 3. The average Bonchev–Trinajstić information content (AvgIpc) is 2.74. The lowest BCUT2D eigenvalue weighted by Crippen LogP contribution is -2.06. The molecule has 2 nitrogen and oxygen atoms in total. The van der Waals surface area contributed by atoms with E-state index < -0.39 is 0 Å². The lowest BCUT2D eigenvalue weighted by atomic mass is 10.0. The van der Waals surface area contributed by atoms with E-state index in [2.05, 4.69) is 18.2 Å². The van der Waals surface area contributed by atoms with Crippen LogP contribution >= 0.6 is 0 Å². The Hall–Kier alpha value is -3.52. The number of para-hydroxylation sites is 1. The van der Waals surface area contributed by atoms with Crippen molar-refractivity contribution >= 4 is 11.8 Å². The van der Waals surface area contributed by atoms with Crippen LogP contribution in [0.3, 0.4) is 0 Å². The van der Waals surface area contributed by atoms with Crippen LogP contribution in [-0.4, -0.2) is 5.11 Å². The predicted molar refractivity (Wildman–Crippen MR) is 110 cm³/mol. The van der Waals surface area contributed by atoms with Crippen molar-refractivity contribution in [2.24, 2.45) is 0 Å². The third kappa shape index (κ3) is 4.01. The quantitative estimate of drug-likeness (QED) is 0.611. The standard InChI is InChI=1S/C25H20O2/c26-23-14-8-7-9-20(23)16-15-19-17-24(21-10-3-1-4-11-21)27-25(18-19)22-12-5-2-6-13-22/h1-18,24,26H. The van der Waals surface area contributed by atoms with Gasteiger partial charge in [0.2, 0.25) is 0 Å². The molecule has 0 amide bonds. The highest BCUT2D eigenvalue weighted by atomic mass is 16.5. The maximum absolute atomic E-state index is 9.99. The van der Waals surface area contributed by atoms with Crippen LogP contribution in [0.5, 0.6) is 5.75 Å². The van der Waals surface area contributed by atoms with E-state index >= 15 is 0 Å². The van der Waals surface area contributed by atoms with Gasteiger partial charge in [0.1, 0.15) is 17.6 Å². The van der Waals surface area contributed by atoms with Crippen LogP contribution in [0, 0.1) is 0 Å². The molecule has 0 saturated carbocycles. The minimum Gasteiger partial charge on any atom is -0.507 e. The Labute approximate surface area is 159 Å². The Morgan fingerprint density at radius 2 is 1.41 bits per heavy atom. The molecule has 132 valence electrons. The second-order valence-corrected chi connectivity index (χ2v) is 6.38.